The lowest BCUT2D eigenvalue weighted by Gasteiger charge is -2.62. The number of hydrogen-bond acceptors (Lipinski definition) is 2. The molecule has 5 rings (SSSR count). The van der Waals surface area contributed by atoms with Gasteiger partial charge in [0.15, 0.2) is 0 Å². The van der Waals surface area contributed by atoms with Gasteiger partial charge in [-0.05, 0) is 53.3 Å². The summed E-state index contributed by atoms with van der Waals surface area (Å²) >= 11 is 2.30. The van der Waals surface area contributed by atoms with Crippen molar-refractivity contribution in [3.05, 3.63) is 51.6 Å². The van der Waals surface area contributed by atoms with Gasteiger partial charge in [0.25, 0.3) is 0 Å². The lowest BCUT2D eigenvalue weighted by molar-refractivity contribution is -0.0934. The summed E-state index contributed by atoms with van der Waals surface area (Å²) in [5, 5.41) is 0. The quantitative estimate of drug-likeness (QED) is 0.740. The van der Waals surface area contributed by atoms with Crippen LogP contribution in [0.25, 0.3) is 0 Å². The van der Waals surface area contributed by atoms with Crippen molar-refractivity contribution in [1.82, 2.24) is 9.55 Å². The minimum absolute atomic E-state index is 0.395. The summed E-state index contributed by atoms with van der Waals surface area (Å²) in [5.41, 5.74) is 1.61. The van der Waals surface area contributed by atoms with E-state index in [4.69, 9.17) is 4.74 Å². The fourth-order valence-electron chi connectivity index (χ4n) is 3.46. The van der Waals surface area contributed by atoms with Gasteiger partial charge in [-0.1, -0.05) is 30.3 Å². The van der Waals surface area contributed by atoms with Gasteiger partial charge in [-0.25, -0.2) is 4.98 Å². The van der Waals surface area contributed by atoms with E-state index >= 15 is 0 Å². The molecule has 1 aromatic heterocycles. The average molecular weight is 380 g/mol. The first-order valence-corrected chi connectivity index (χ1v) is 8.19. The van der Waals surface area contributed by atoms with E-state index in [1.807, 2.05) is 18.2 Å². The van der Waals surface area contributed by atoms with Crippen molar-refractivity contribution in [2.24, 2.45) is 5.92 Å². The van der Waals surface area contributed by atoms with Crippen LogP contribution in [0.5, 0.6) is 0 Å². The Labute approximate surface area is 132 Å². The number of halogens is 1. The topological polar surface area (TPSA) is 27.1 Å². The number of nitrogens with zero attached hydrogens (tertiary/aromatic N) is 2. The highest BCUT2D eigenvalue weighted by molar-refractivity contribution is 14.1. The Morgan fingerprint density at radius 1 is 1.20 bits per heavy atom. The van der Waals surface area contributed by atoms with Crippen molar-refractivity contribution in [3.63, 3.8) is 0 Å². The van der Waals surface area contributed by atoms with Crippen LogP contribution in [-0.4, -0.2) is 9.55 Å². The van der Waals surface area contributed by atoms with Crippen LogP contribution in [0, 0.1) is 9.62 Å². The Hall–Kier alpha value is -0.880. The Morgan fingerprint density at radius 3 is 2.60 bits per heavy atom. The fraction of sp³-hybridized carbons (Fsp3) is 0.438. The number of aromatic nitrogens is 2. The van der Waals surface area contributed by atoms with Gasteiger partial charge in [0.1, 0.15) is 16.1 Å². The molecule has 1 aromatic carbocycles. The Balaban J connectivity index is 1.44. The maximum atomic E-state index is 5.85. The van der Waals surface area contributed by atoms with E-state index < -0.39 is 0 Å². The van der Waals surface area contributed by atoms with E-state index in [-0.39, 0.29) is 0 Å². The Kier molecular flexibility index (Phi) is 3.11. The van der Waals surface area contributed by atoms with Crippen LogP contribution in [0.3, 0.4) is 0 Å². The standard InChI is InChI=1S/C16H17IN2O/c17-14-9-19(16-6-13(7-16)8-16)15(18-14)11-20-10-12-4-2-1-3-5-12/h1-5,9,13H,6-8,10-11H2. The summed E-state index contributed by atoms with van der Waals surface area (Å²) in [4.78, 5) is 4.64. The van der Waals surface area contributed by atoms with Gasteiger partial charge in [0.2, 0.25) is 0 Å². The molecule has 2 bridgehead atoms. The van der Waals surface area contributed by atoms with Crippen LogP contribution >= 0.6 is 22.6 Å². The van der Waals surface area contributed by atoms with E-state index in [2.05, 4.69) is 50.5 Å². The Morgan fingerprint density at radius 2 is 1.95 bits per heavy atom. The van der Waals surface area contributed by atoms with Crippen LogP contribution in [0.4, 0.5) is 0 Å². The normalized spacial score (nSPS) is 26.9. The second-order valence-electron chi connectivity index (χ2n) is 6.03. The molecule has 0 aliphatic heterocycles. The highest BCUT2D eigenvalue weighted by Crippen LogP contribution is 2.62. The highest BCUT2D eigenvalue weighted by atomic mass is 127. The van der Waals surface area contributed by atoms with Gasteiger partial charge in [-0.2, -0.15) is 0 Å². The molecule has 3 aliphatic carbocycles. The molecule has 0 spiro atoms. The van der Waals surface area contributed by atoms with Crippen molar-refractivity contribution in [2.75, 3.05) is 0 Å². The van der Waals surface area contributed by atoms with Gasteiger partial charge in [-0.15, -0.1) is 0 Å². The maximum Gasteiger partial charge on any atom is 0.136 e. The van der Waals surface area contributed by atoms with Crippen LogP contribution in [-0.2, 0) is 23.5 Å². The second-order valence-corrected chi connectivity index (χ2v) is 7.14. The second kappa shape index (κ2) is 4.84. The largest absolute Gasteiger partial charge is 0.369 e. The molecule has 3 aliphatic rings. The lowest BCUT2D eigenvalue weighted by atomic mass is 9.49. The third-order valence-corrected chi connectivity index (χ3v) is 5.13. The third-order valence-electron chi connectivity index (χ3n) is 4.61. The van der Waals surface area contributed by atoms with E-state index in [0.717, 1.165) is 15.4 Å². The minimum atomic E-state index is 0.395. The van der Waals surface area contributed by atoms with E-state index in [1.54, 1.807) is 0 Å². The molecule has 0 saturated heterocycles. The predicted molar refractivity (Wildman–Crippen MR) is 85.2 cm³/mol. The molecule has 4 heteroatoms. The van der Waals surface area contributed by atoms with Gasteiger partial charge in [-0.3, -0.25) is 0 Å². The average Bonchev–Trinajstić information content (AvgIpc) is 2.68. The molecule has 0 atom stereocenters. The first-order valence-electron chi connectivity index (χ1n) is 7.11. The summed E-state index contributed by atoms with van der Waals surface area (Å²) in [6, 6.07) is 10.3. The zero-order chi connectivity index (χ0) is 13.6. The molecule has 20 heavy (non-hydrogen) atoms. The van der Waals surface area contributed by atoms with Crippen molar-refractivity contribution in [2.45, 2.75) is 38.0 Å². The smallest absolute Gasteiger partial charge is 0.136 e. The number of imidazole rings is 1. The van der Waals surface area contributed by atoms with Crippen LogP contribution in [0.1, 0.15) is 30.7 Å². The molecule has 2 aromatic rings. The Bertz CT molecular complexity index is 606. The number of ether oxygens (including phenoxy) is 1. The number of hydrogen-bond donors (Lipinski definition) is 0. The van der Waals surface area contributed by atoms with Crippen LogP contribution < -0.4 is 0 Å². The molecule has 0 radical (unpaired) electrons. The summed E-state index contributed by atoms with van der Waals surface area (Å²) in [6.07, 6.45) is 6.21. The minimum Gasteiger partial charge on any atom is -0.369 e. The molecular formula is C16H17IN2O. The molecule has 0 unspecified atom stereocenters. The summed E-state index contributed by atoms with van der Waals surface area (Å²) in [5.74, 6) is 2.07. The summed E-state index contributed by atoms with van der Waals surface area (Å²) < 4.78 is 9.32. The van der Waals surface area contributed by atoms with Gasteiger partial charge >= 0.3 is 0 Å². The number of rotatable bonds is 5. The van der Waals surface area contributed by atoms with Crippen molar-refractivity contribution in [1.29, 1.82) is 0 Å². The van der Waals surface area contributed by atoms with Gasteiger partial charge < -0.3 is 9.30 Å². The first kappa shape index (κ1) is 12.8. The van der Waals surface area contributed by atoms with E-state index in [0.29, 0.717) is 18.8 Å². The first-order chi connectivity index (χ1) is 9.75. The van der Waals surface area contributed by atoms with Crippen molar-refractivity contribution >= 4 is 22.6 Å². The third kappa shape index (κ3) is 2.09. The SMILES string of the molecule is Ic1cn(C23CC(C2)C3)c(COCc2ccccc2)n1. The zero-order valence-corrected chi connectivity index (χ0v) is 13.4. The lowest BCUT2D eigenvalue weighted by Crippen LogP contribution is -2.59. The molecule has 1 heterocycles. The summed E-state index contributed by atoms with van der Waals surface area (Å²) in [6.45, 7) is 1.25. The molecular weight excluding hydrogens is 363 g/mol. The fourth-order valence-corrected chi connectivity index (χ4v) is 4.02. The van der Waals surface area contributed by atoms with Gasteiger partial charge in [0.05, 0.1) is 6.61 Å². The molecule has 3 nitrogen and oxygen atoms in total. The van der Waals surface area contributed by atoms with E-state index in [1.165, 1.54) is 24.8 Å². The number of benzene rings is 1. The highest BCUT2D eigenvalue weighted by Gasteiger charge is 2.58. The van der Waals surface area contributed by atoms with Crippen LogP contribution in [0.2, 0.25) is 0 Å². The molecule has 0 amide bonds. The predicted octanol–water partition coefficient (Wildman–Crippen LogP) is 3.71. The molecule has 104 valence electrons. The summed E-state index contributed by atoms with van der Waals surface area (Å²) in [7, 11) is 0. The molecule has 3 fully saturated rings. The van der Waals surface area contributed by atoms with E-state index in [9.17, 15) is 0 Å². The monoisotopic (exact) mass is 380 g/mol. The van der Waals surface area contributed by atoms with Gasteiger partial charge in [0, 0.05) is 11.7 Å². The van der Waals surface area contributed by atoms with Crippen molar-refractivity contribution in [3.8, 4) is 0 Å². The maximum absolute atomic E-state index is 5.85. The van der Waals surface area contributed by atoms with Crippen molar-refractivity contribution < 1.29 is 4.74 Å². The molecule has 3 saturated carbocycles. The molecule has 0 N–H and O–H groups in total. The van der Waals surface area contributed by atoms with Crippen LogP contribution in [0.15, 0.2) is 36.5 Å². The zero-order valence-electron chi connectivity index (χ0n) is 11.3.